The maximum absolute atomic E-state index is 13.2. The molecule has 11 heteroatoms. The van der Waals surface area contributed by atoms with Crippen LogP contribution in [0.1, 0.15) is 36.8 Å². The van der Waals surface area contributed by atoms with Crippen molar-refractivity contribution in [1.82, 2.24) is 10.3 Å². The molecule has 1 fully saturated rings. The fourth-order valence-electron chi connectivity index (χ4n) is 3.74. The van der Waals surface area contributed by atoms with Crippen molar-refractivity contribution in [3.05, 3.63) is 53.9 Å². The molecule has 37 heavy (non-hydrogen) atoms. The molecule has 0 saturated carbocycles. The Balaban J connectivity index is 1.87. The summed E-state index contributed by atoms with van der Waals surface area (Å²) in [4.78, 5) is 55.3. The first-order valence-corrected chi connectivity index (χ1v) is 11.8. The second kappa shape index (κ2) is 12.2. The minimum Gasteiger partial charge on any atom is -0.503 e. The number of carbonyl (C=O) groups excluding carboxylic acids is 4. The molecule has 2 aromatic rings. The van der Waals surface area contributed by atoms with E-state index in [1.807, 2.05) is 30.3 Å². The predicted molar refractivity (Wildman–Crippen MR) is 129 cm³/mol. The molecular weight excluding hydrogens is 484 g/mol. The summed E-state index contributed by atoms with van der Waals surface area (Å²) in [7, 11) is 1.31. The van der Waals surface area contributed by atoms with Crippen LogP contribution >= 0.6 is 0 Å². The number of pyridine rings is 1. The van der Waals surface area contributed by atoms with Crippen molar-refractivity contribution in [3.8, 4) is 11.5 Å². The van der Waals surface area contributed by atoms with Gasteiger partial charge in [0.15, 0.2) is 29.3 Å². The maximum atomic E-state index is 13.2. The molecule has 2 unspecified atom stereocenters. The summed E-state index contributed by atoms with van der Waals surface area (Å²) in [5.74, 6) is -5.10. The van der Waals surface area contributed by atoms with Gasteiger partial charge in [-0.2, -0.15) is 0 Å². The lowest BCUT2D eigenvalue weighted by Gasteiger charge is -2.29. The summed E-state index contributed by atoms with van der Waals surface area (Å²) in [5.41, 5.74) is 0.398. The van der Waals surface area contributed by atoms with Gasteiger partial charge in [0.1, 0.15) is 18.6 Å². The highest BCUT2D eigenvalue weighted by atomic mass is 16.6. The van der Waals surface area contributed by atoms with E-state index in [1.165, 1.54) is 26.3 Å². The minimum absolute atomic E-state index is 0.0100. The molecule has 1 amide bonds. The number of methoxy groups -OCH3 is 1. The Morgan fingerprint density at radius 3 is 2.51 bits per heavy atom. The van der Waals surface area contributed by atoms with E-state index in [-0.39, 0.29) is 12.2 Å². The normalized spacial score (nSPS) is 22.1. The van der Waals surface area contributed by atoms with Crippen molar-refractivity contribution in [2.75, 3.05) is 13.7 Å². The van der Waals surface area contributed by atoms with E-state index in [0.717, 1.165) is 5.56 Å². The Morgan fingerprint density at radius 1 is 1.16 bits per heavy atom. The first-order chi connectivity index (χ1) is 17.6. The topological polar surface area (TPSA) is 150 Å². The fraction of sp³-hybridized carbons (Fsp3) is 0.423. The predicted octanol–water partition coefficient (Wildman–Crippen LogP) is 1.81. The number of benzene rings is 1. The van der Waals surface area contributed by atoms with Crippen molar-refractivity contribution in [1.29, 1.82) is 0 Å². The monoisotopic (exact) mass is 514 g/mol. The first-order valence-electron chi connectivity index (χ1n) is 11.8. The van der Waals surface area contributed by atoms with Gasteiger partial charge in [0.05, 0.1) is 13.0 Å². The number of nitrogens with zero attached hydrogens (tertiary/aromatic N) is 1. The quantitative estimate of drug-likeness (QED) is 0.414. The van der Waals surface area contributed by atoms with Crippen LogP contribution in [-0.2, 0) is 35.0 Å². The largest absolute Gasteiger partial charge is 0.503 e. The highest BCUT2D eigenvalue weighted by Crippen LogP contribution is 2.28. The van der Waals surface area contributed by atoms with Gasteiger partial charge in [-0.3, -0.25) is 14.4 Å². The second-order valence-corrected chi connectivity index (χ2v) is 8.86. The summed E-state index contributed by atoms with van der Waals surface area (Å²) in [6, 6.07) is 9.01. The van der Waals surface area contributed by atoms with Crippen LogP contribution < -0.4 is 10.1 Å². The van der Waals surface area contributed by atoms with Gasteiger partial charge in [0.25, 0.3) is 5.91 Å². The Hall–Kier alpha value is -4.15. The van der Waals surface area contributed by atoms with Crippen LogP contribution in [0.2, 0.25) is 0 Å². The van der Waals surface area contributed by atoms with Crippen molar-refractivity contribution >= 4 is 23.8 Å². The van der Waals surface area contributed by atoms with Crippen molar-refractivity contribution in [3.63, 3.8) is 0 Å². The average Bonchev–Trinajstić information content (AvgIpc) is 2.91. The van der Waals surface area contributed by atoms with E-state index in [4.69, 9.17) is 18.9 Å². The molecule has 1 aliphatic rings. The van der Waals surface area contributed by atoms with Crippen LogP contribution in [0.5, 0.6) is 11.5 Å². The Bertz CT molecular complexity index is 1140. The van der Waals surface area contributed by atoms with E-state index in [9.17, 15) is 24.3 Å². The minimum atomic E-state index is -1.41. The summed E-state index contributed by atoms with van der Waals surface area (Å²) in [6.07, 6.45) is -0.766. The van der Waals surface area contributed by atoms with E-state index in [0.29, 0.717) is 0 Å². The van der Waals surface area contributed by atoms with Crippen LogP contribution in [0, 0.1) is 11.8 Å². The van der Waals surface area contributed by atoms with Gasteiger partial charge in [0.2, 0.25) is 0 Å². The van der Waals surface area contributed by atoms with Gasteiger partial charge >= 0.3 is 17.9 Å². The fourth-order valence-corrected chi connectivity index (χ4v) is 3.74. The van der Waals surface area contributed by atoms with Crippen LogP contribution in [0.4, 0.5) is 0 Å². The number of cyclic esters (lactones) is 2. The number of aromatic nitrogens is 1. The van der Waals surface area contributed by atoms with Gasteiger partial charge in [-0.15, -0.1) is 0 Å². The molecule has 3 rings (SSSR count). The number of hydrogen-bond acceptors (Lipinski definition) is 10. The van der Waals surface area contributed by atoms with Gasteiger partial charge in [0, 0.05) is 12.3 Å². The molecule has 4 atom stereocenters. The van der Waals surface area contributed by atoms with E-state index < -0.39 is 72.0 Å². The second-order valence-electron chi connectivity index (χ2n) is 8.86. The zero-order valence-corrected chi connectivity index (χ0v) is 21.0. The molecule has 11 nitrogen and oxygen atoms in total. The Kier molecular flexibility index (Phi) is 9.05. The van der Waals surface area contributed by atoms with Crippen LogP contribution in [-0.4, -0.2) is 65.9 Å². The molecule has 0 aliphatic carbocycles. The number of aromatic hydroxyl groups is 1. The van der Waals surface area contributed by atoms with Crippen molar-refractivity contribution in [2.24, 2.45) is 11.8 Å². The summed E-state index contributed by atoms with van der Waals surface area (Å²) in [6.45, 7) is 4.25. The number of esters is 3. The van der Waals surface area contributed by atoms with Crippen molar-refractivity contribution in [2.45, 2.75) is 45.4 Å². The first kappa shape index (κ1) is 27.4. The maximum Gasteiger partial charge on any atom is 0.332 e. The summed E-state index contributed by atoms with van der Waals surface area (Å²) in [5, 5.41) is 12.6. The zero-order valence-electron chi connectivity index (χ0n) is 21.0. The third-order valence-electron chi connectivity index (χ3n) is 5.79. The lowest BCUT2D eigenvalue weighted by atomic mass is 9.91. The smallest absolute Gasteiger partial charge is 0.332 e. The molecule has 2 N–H and O–H groups in total. The van der Waals surface area contributed by atoms with Gasteiger partial charge in [-0.05, 0) is 18.9 Å². The molecule has 1 aromatic heterocycles. The number of amides is 1. The molecule has 2 heterocycles. The molecule has 0 spiro atoms. The SMILES string of the molecule is COc1ccnc(C(=O)N[C@H]2COC(=O)[C@H](Cc3ccccc3)C(OC(=O)C(C)C)C(C)OC2=O)c1O. The highest BCUT2D eigenvalue weighted by molar-refractivity contribution is 5.98. The number of ether oxygens (including phenoxy) is 4. The number of carbonyl (C=O) groups is 4. The highest BCUT2D eigenvalue weighted by Gasteiger charge is 2.42. The molecule has 1 aliphatic heterocycles. The number of hydrogen-bond donors (Lipinski definition) is 2. The van der Waals surface area contributed by atoms with Gasteiger partial charge < -0.3 is 29.4 Å². The van der Waals surface area contributed by atoms with Gasteiger partial charge in [-0.25, -0.2) is 9.78 Å². The Labute approximate surface area is 214 Å². The molecule has 1 saturated heterocycles. The molecule has 0 bridgehead atoms. The standard InChI is InChI=1S/C26H30N2O9/c1-14(2)24(31)37-22-15(3)36-26(33)18(28-23(30)20-21(29)19(34-4)10-11-27-20)13-35-25(32)17(22)12-16-8-6-5-7-9-16/h5-11,14-15,17-18,22,29H,12-13H2,1-4H3,(H,28,30)/t15?,17-,18+,22?/m1/s1. The van der Waals surface area contributed by atoms with E-state index in [2.05, 4.69) is 10.3 Å². The van der Waals surface area contributed by atoms with Crippen molar-refractivity contribution < 1.29 is 43.2 Å². The lowest BCUT2D eigenvalue weighted by molar-refractivity contribution is -0.176. The Morgan fingerprint density at radius 2 is 1.86 bits per heavy atom. The number of rotatable bonds is 7. The van der Waals surface area contributed by atoms with Crippen LogP contribution in [0.25, 0.3) is 0 Å². The third kappa shape index (κ3) is 6.75. The summed E-state index contributed by atoms with van der Waals surface area (Å²) >= 11 is 0. The van der Waals surface area contributed by atoms with Crippen LogP contribution in [0.15, 0.2) is 42.6 Å². The third-order valence-corrected chi connectivity index (χ3v) is 5.79. The lowest BCUT2D eigenvalue weighted by Crippen LogP contribution is -2.47. The summed E-state index contributed by atoms with van der Waals surface area (Å²) < 4.78 is 21.5. The number of nitrogens with one attached hydrogen (secondary N) is 1. The molecular formula is C26H30N2O9. The molecule has 1 aromatic carbocycles. The van der Waals surface area contributed by atoms with E-state index >= 15 is 0 Å². The van der Waals surface area contributed by atoms with E-state index in [1.54, 1.807) is 13.8 Å². The van der Waals surface area contributed by atoms with Crippen LogP contribution in [0.3, 0.4) is 0 Å². The van der Waals surface area contributed by atoms with Gasteiger partial charge in [-0.1, -0.05) is 44.2 Å². The zero-order chi connectivity index (χ0) is 27.1. The average molecular weight is 515 g/mol. The molecule has 198 valence electrons. The molecule has 0 radical (unpaired) electrons.